The van der Waals surface area contributed by atoms with E-state index in [1.165, 1.54) is 12.3 Å². The zero-order valence-corrected chi connectivity index (χ0v) is 12.9. The molecule has 128 valence electrons. The number of aromatic nitrogens is 2. The average Bonchev–Trinajstić information content (AvgIpc) is 3.01. The van der Waals surface area contributed by atoms with E-state index >= 15 is 0 Å². The van der Waals surface area contributed by atoms with Crippen LogP contribution in [-0.2, 0) is 5.41 Å². The summed E-state index contributed by atoms with van der Waals surface area (Å²) in [6.45, 7) is 1.73. The lowest BCUT2D eigenvalue weighted by molar-refractivity contribution is -0.0506. The molecule has 2 heterocycles. The molecule has 0 spiro atoms. The van der Waals surface area contributed by atoms with Crippen LogP contribution in [0.2, 0.25) is 0 Å². The van der Waals surface area contributed by atoms with Gasteiger partial charge in [0.05, 0.1) is 5.69 Å². The molecule has 5 nitrogen and oxygen atoms in total. The third-order valence-corrected chi connectivity index (χ3v) is 4.51. The fraction of sp³-hybridized carbons (Fsp3) is 0.438. The van der Waals surface area contributed by atoms with Crippen molar-refractivity contribution in [3.05, 3.63) is 35.5 Å². The minimum absolute atomic E-state index is 0.0747. The van der Waals surface area contributed by atoms with Crippen LogP contribution in [0, 0.1) is 5.82 Å². The molecule has 0 aliphatic heterocycles. The van der Waals surface area contributed by atoms with Gasteiger partial charge in [0.1, 0.15) is 5.82 Å². The first-order valence-electron chi connectivity index (χ1n) is 7.44. The number of pyridine rings is 1. The number of carboxylic acids is 1. The van der Waals surface area contributed by atoms with Crippen LogP contribution in [0.5, 0.6) is 0 Å². The van der Waals surface area contributed by atoms with Gasteiger partial charge in [-0.05, 0) is 18.9 Å². The van der Waals surface area contributed by atoms with Crippen LogP contribution in [0.1, 0.15) is 48.8 Å². The van der Waals surface area contributed by atoms with E-state index in [0.29, 0.717) is 0 Å². The number of nitrogens with zero attached hydrogens (tertiary/aromatic N) is 2. The number of carbonyl (C=O) groups is 1. The second-order valence-corrected chi connectivity index (χ2v) is 6.35. The lowest BCUT2D eigenvalue weighted by Crippen LogP contribution is -2.35. The van der Waals surface area contributed by atoms with Crippen molar-refractivity contribution in [3.8, 4) is 11.3 Å². The van der Waals surface area contributed by atoms with E-state index in [0.717, 1.165) is 6.07 Å². The fourth-order valence-electron chi connectivity index (χ4n) is 2.93. The van der Waals surface area contributed by atoms with E-state index in [9.17, 15) is 18.0 Å². The number of carboxylic acid groups (broad SMARTS) is 1. The predicted octanol–water partition coefficient (Wildman–Crippen LogP) is 4.04. The smallest absolute Gasteiger partial charge is 0.358 e. The maximum atomic E-state index is 14.5. The first-order chi connectivity index (χ1) is 11.2. The van der Waals surface area contributed by atoms with Gasteiger partial charge < -0.3 is 9.63 Å². The highest BCUT2D eigenvalue weighted by molar-refractivity contribution is 5.86. The van der Waals surface area contributed by atoms with Crippen LogP contribution in [0.3, 0.4) is 0 Å². The Labute approximate surface area is 135 Å². The summed E-state index contributed by atoms with van der Waals surface area (Å²) in [7, 11) is 0. The molecule has 1 fully saturated rings. The van der Waals surface area contributed by atoms with E-state index in [4.69, 9.17) is 9.63 Å². The number of rotatable bonds is 3. The van der Waals surface area contributed by atoms with Crippen LogP contribution in [0.4, 0.5) is 13.2 Å². The molecular formula is C16H15F3N2O3. The summed E-state index contributed by atoms with van der Waals surface area (Å²) < 4.78 is 46.0. The third kappa shape index (κ3) is 3.00. The van der Waals surface area contributed by atoms with E-state index in [1.807, 2.05) is 0 Å². The van der Waals surface area contributed by atoms with Crippen LogP contribution < -0.4 is 0 Å². The zero-order valence-electron chi connectivity index (χ0n) is 12.9. The van der Waals surface area contributed by atoms with E-state index in [-0.39, 0.29) is 48.4 Å². The highest BCUT2D eigenvalue weighted by Crippen LogP contribution is 2.45. The van der Waals surface area contributed by atoms with Gasteiger partial charge in [0.25, 0.3) is 0 Å². The van der Waals surface area contributed by atoms with Gasteiger partial charge in [-0.15, -0.1) is 0 Å². The van der Waals surface area contributed by atoms with Gasteiger partial charge in [-0.3, -0.25) is 4.98 Å². The number of aromatic carboxylic acids is 1. The molecule has 0 aromatic carbocycles. The molecule has 1 saturated carbocycles. The molecule has 0 unspecified atom stereocenters. The molecule has 0 atom stereocenters. The SMILES string of the molecule is CC1(c2ncc(-c3cc(C(=O)O)no3)cc2F)CCC(F)(F)CC1. The van der Waals surface area contributed by atoms with Gasteiger partial charge in [0.2, 0.25) is 5.92 Å². The standard InChI is InChI=1S/C16H15F3N2O3/c1-15(2-4-16(18,19)5-3-15)13-10(17)6-9(8-20-13)12-7-11(14(22)23)21-24-12/h6-8H,2-5H2,1H3,(H,22,23). The summed E-state index contributed by atoms with van der Waals surface area (Å²) in [5.41, 5.74) is -0.672. The zero-order chi connectivity index (χ0) is 17.5. The summed E-state index contributed by atoms with van der Waals surface area (Å²) in [6.07, 6.45) is 1.04. The minimum Gasteiger partial charge on any atom is -0.476 e. The summed E-state index contributed by atoms with van der Waals surface area (Å²) in [5.74, 6) is -4.52. The Balaban J connectivity index is 1.88. The Morgan fingerprint density at radius 2 is 1.92 bits per heavy atom. The quantitative estimate of drug-likeness (QED) is 0.912. The van der Waals surface area contributed by atoms with Gasteiger partial charge in [-0.1, -0.05) is 12.1 Å². The molecule has 8 heteroatoms. The minimum atomic E-state index is -2.71. The van der Waals surface area contributed by atoms with E-state index in [1.54, 1.807) is 6.92 Å². The Bertz CT molecular complexity index is 779. The molecule has 2 aromatic heterocycles. The fourth-order valence-corrected chi connectivity index (χ4v) is 2.93. The number of alkyl halides is 2. The molecule has 0 radical (unpaired) electrons. The molecule has 0 bridgehead atoms. The summed E-state index contributed by atoms with van der Waals surface area (Å²) in [4.78, 5) is 14.9. The van der Waals surface area contributed by atoms with Gasteiger partial charge >= 0.3 is 5.97 Å². The van der Waals surface area contributed by atoms with E-state index < -0.39 is 23.1 Å². The lowest BCUT2D eigenvalue weighted by atomic mass is 9.71. The van der Waals surface area contributed by atoms with Gasteiger partial charge in [0.15, 0.2) is 11.5 Å². The lowest BCUT2D eigenvalue weighted by Gasteiger charge is -2.36. The molecule has 1 aliphatic rings. The van der Waals surface area contributed by atoms with Crippen LogP contribution in [0.15, 0.2) is 22.9 Å². The monoisotopic (exact) mass is 340 g/mol. The number of halogens is 3. The molecule has 24 heavy (non-hydrogen) atoms. The van der Waals surface area contributed by atoms with Crippen molar-refractivity contribution in [1.82, 2.24) is 10.1 Å². The summed E-state index contributed by atoms with van der Waals surface area (Å²) in [5, 5.41) is 12.2. The molecule has 0 saturated heterocycles. The first kappa shape index (κ1) is 16.5. The number of hydrogen-bond acceptors (Lipinski definition) is 4. The maximum absolute atomic E-state index is 14.5. The van der Waals surface area contributed by atoms with Crippen LogP contribution >= 0.6 is 0 Å². The van der Waals surface area contributed by atoms with Crippen molar-refractivity contribution in [1.29, 1.82) is 0 Å². The average molecular weight is 340 g/mol. The van der Waals surface area contributed by atoms with Crippen LogP contribution in [-0.4, -0.2) is 27.1 Å². The Morgan fingerprint density at radius 3 is 2.46 bits per heavy atom. The summed E-state index contributed by atoms with van der Waals surface area (Å²) >= 11 is 0. The molecule has 1 N–H and O–H groups in total. The molecule has 3 rings (SSSR count). The Morgan fingerprint density at radius 1 is 1.25 bits per heavy atom. The number of hydrogen-bond donors (Lipinski definition) is 1. The molecule has 2 aromatic rings. The van der Waals surface area contributed by atoms with Crippen molar-refractivity contribution >= 4 is 5.97 Å². The highest BCUT2D eigenvalue weighted by atomic mass is 19.3. The molecule has 0 amide bonds. The van der Waals surface area contributed by atoms with Gasteiger partial charge in [-0.25, -0.2) is 18.0 Å². The predicted molar refractivity (Wildman–Crippen MR) is 77.4 cm³/mol. The maximum Gasteiger partial charge on any atom is 0.358 e. The molecule has 1 aliphatic carbocycles. The van der Waals surface area contributed by atoms with Gasteiger partial charge in [0, 0.05) is 36.1 Å². The van der Waals surface area contributed by atoms with Crippen molar-refractivity contribution in [2.24, 2.45) is 0 Å². The largest absolute Gasteiger partial charge is 0.476 e. The summed E-state index contributed by atoms with van der Waals surface area (Å²) in [6, 6.07) is 2.33. The highest BCUT2D eigenvalue weighted by Gasteiger charge is 2.43. The van der Waals surface area contributed by atoms with E-state index in [2.05, 4.69) is 10.1 Å². The van der Waals surface area contributed by atoms with Crippen molar-refractivity contribution in [2.75, 3.05) is 0 Å². The Kier molecular flexibility index (Phi) is 3.85. The van der Waals surface area contributed by atoms with Crippen molar-refractivity contribution < 1.29 is 27.6 Å². The second-order valence-electron chi connectivity index (χ2n) is 6.35. The van der Waals surface area contributed by atoms with Crippen LogP contribution in [0.25, 0.3) is 11.3 Å². The third-order valence-electron chi connectivity index (χ3n) is 4.51. The normalized spacial score (nSPS) is 19.2. The Hall–Kier alpha value is -2.38. The van der Waals surface area contributed by atoms with Gasteiger partial charge in [-0.2, -0.15) is 0 Å². The second kappa shape index (κ2) is 5.61. The van der Waals surface area contributed by atoms with Crippen molar-refractivity contribution in [2.45, 2.75) is 43.9 Å². The molecular weight excluding hydrogens is 325 g/mol. The topological polar surface area (TPSA) is 76.2 Å². The first-order valence-corrected chi connectivity index (χ1v) is 7.44. The van der Waals surface area contributed by atoms with Crippen molar-refractivity contribution in [3.63, 3.8) is 0 Å².